The van der Waals surface area contributed by atoms with Gasteiger partial charge in [0, 0.05) is 30.9 Å². The Bertz CT molecular complexity index is 1130. The first kappa shape index (κ1) is 25.4. The van der Waals surface area contributed by atoms with Crippen molar-refractivity contribution < 1.29 is 4.79 Å². The van der Waals surface area contributed by atoms with Crippen LogP contribution in [0.2, 0.25) is 0 Å². The minimum absolute atomic E-state index is 0.0346. The van der Waals surface area contributed by atoms with Gasteiger partial charge in [-0.1, -0.05) is 61.0 Å². The molecule has 2 aliphatic rings. The minimum Gasteiger partial charge on any atom is -0.353 e. The van der Waals surface area contributed by atoms with E-state index in [1.165, 1.54) is 38.9 Å². The summed E-state index contributed by atoms with van der Waals surface area (Å²) in [4.78, 5) is 18.7. The van der Waals surface area contributed by atoms with Crippen molar-refractivity contribution in [3.63, 3.8) is 0 Å². The van der Waals surface area contributed by atoms with Gasteiger partial charge in [-0.2, -0.15) is 0 Å². The molecule has 2 heterocycles. The standard InChI is InChI=1S/C33H39N3O/c37-32(17-14-26-9-8-20-34-25-26)35-21-6-1-7-22-36-23-18-29(19-24-36)33-30-12-4-2-10-27(30)15-16-28-11-3-5-13-31(28)33/h2-5,8-14,17,20,25,29,33H,1,6-7,15-16,18-19,21-24H2,(H,35,37)/b17-14-. The summed E-state index contributed by atoms with van der Waals surface area (Å²) < 4.78 is 0. The zero-order chi connectivity index (χ0) is 25.3. The Morgan fingerprint density at radius 3 is 2.27 bits per heavy atom. The summed E-state index contributed by atoms with van der Waals surface area (Å²) in [6.45, 7) is 4.29. The quantitative estimate of drug-likeness (QED) is 0.293. The number of amides is 1. The highest BCUT2D eigenvalue weighted by atomic mass is 16.1. The predicted molar refractivity (Wildman–Crippen MR) is 151 cm³/mol. The lowest BCUT2D eigenvalue weighted by Crippen LogP contribution is -2.36. The van der Waals surface area contributed by atoms with E-state index < -0.39 is 0 Å². The van der Waals surface area contributed by atoms with Crippen LogP contribution in [0, 0.1) is 5.92 Å². The molecule has 1 N–H and O–H groups in total. The van der Waals surface area contributed by atoms with Gasteiger partial charge in [-0.05, 0) is 104 Å². The number of carbonyl (C=O) groups is 1. The third-order valence-electron chi connectivity index (χ3n) is 8.11. The van der Waals surface area contributed by atoms with Crippen molar-refractivity contribution in [3.8, 4) is 0 Å². The lowest BCUT2D eigenvalue weighted by atomic mass is 9.74. The van der Waals surface area contributed by atoms with Crippen molar-refractivity contribution in [1.82, 2.24) is 15.2 Å². The number of aromatic nitrogens is 1. The molecule has 0 unspecified atom stereocenters. The maximum Gasteiger partial charge on any atom is 0.243 e. The molecule has 2 aromatic carbocycles. The number of pyridine rings is 1. The molecule has 37 heavy (non-hydrogen) atoms. The van der Waals surface area contributed by atoms with Crippen molar-refractivity contribution in [2.75, 3.05) is 26.2 Å². The number of benzene rings is 2. The number of rotatable bonds is 9. The van der Waals surface area contributed by atoms with Crippen molar-refractivity contribution in [2.45, 2.75) is 50.9 Å². The van der Waals surface area contributed by atoms with E-state index in [9.17, 15) is 4.79 Å². The Balaban J connectivity index is 1.05. The lowest BCUT2D eigenvalue weighted by molar-refractivity contribution is -0.116. The number of piperidine rings is 1. The van der Waals surface area contributed by atoms with Crippen molar-refractivity contribution in [2.24, 2.45) is 5.92 Å². The summed E-state index contributed by atoms with van der Waals surface area (Å²) in [6, 6.07) is 22.2. The van der Waals surface area contributed by atoms with E-state index in [1.54, 1.807) is 46.8 Å². The fourth-order valence-corrected chi connectivity index (χ4v) is 6.14. The van der Waals surface area contributed by atoms with E-state index in [0.717, 1.165) is 37.8 Å². The highest BCUT2D eigenvalue weighted by Crippen LogP contribution is 2.42. The number of hydrogen-bond acceptors (Lipinski definition) is 3. The number of nitrogens with one attached hydrogen (secondary N) is 1. The summed E-state index contributed by atoms with van der Waals surface area (Å²) in [7, 11) is 0. The molecule has 1 aliphatic heterocycles. The van der Waals surface area contributed by atoms with Gasteiger partial charge in [-0.15, -0.1) is 0 Å². The fraction of sp³-hybridized carbons (Fsp3) is 0.394. The Labute approximate surface area is 221 Å². The Kier molecular flexibility index (Phi) is 8.81. The number of aryl methyl sites for hydroxylation is 2. The molecule has 3 aromatic rings. The summed E-state index contributed by atoms with van der Waals surface area (Å²) in [5, 5.41) is 3.00. The van der Waals surface area contributed by atoms with Gasteiger partial charge in [-0.25, -0.2) is 0 Å². The third kappa shape index (κ3) is 6.75. The van der Waals surface area contributed by atoms with Gasteiger partial charge < -0.3 is 10.2 Å². The summed E-state index contributed by atoms with van der Waals surface area (Å²) in [6.07, 6.45) is 15.1. The lowest BCUT2D eigenvalue weighted by Gasteiger charge is -2.37. The average Bonchev–Trinajstić information content (AvgIpc) is 3.12. The SMILES string of the molecule is O=C(/C=C\c1cccnc1)NCCCCCN1CCC(C2c3ccccc3CCc3ccccc32)CC1. The summed E-state index contributed by atoms with van der Waals surface area (Å²) >= 11 is 0. The zero-order valence-electron chi connectivity index (χ0n) is 21.8. The third-order valence-corrected chi connectivity index (χ3v) is 8.11. The first-order valence-corrected chi connectivity index (χ1v) is 14.0. The molecule has 0 saturated carbocycles. The van der Waals surface area contributed by atoms with Crippen molar-refractivity contribution in [1.29, 1.82) is 0 Å². The van der Waals surface area contributed by atoms with Crippen molar-refractivity contribution in [3.05, 3.63) is 107 Å². The molecule has 1 aromatic heterocycles. The second kappa shape index (κ2) is 12.8. The van der Waals surface area contributed by atoms with Crippen molar-refractivity contribution >= 4 is 12.0 Å². The Morgan fingerprint density at radius 1 is 0.892 bits per heavy atom. The van der Waals surface area contributed by atoms with Gasteiger partial charge >= 0.3 is 0 Å². The number of hydrogen-bond donors (Lipinski definition) is 1. The maximum atomic E-state index is 12.0. The molecule has 0 bridgehead atoms. The molecule has 4 nitrogen and oxygen atoms in total. The molecule has 192 valence electrons. The maximum absolute atomic E-state index is 12.0. The van der Waals surface area contributed by atoms with E-state index in [1.807, 2.05) is 12.1 Å². The molecule has 5 rings (SSSR count). The molecule has 1 aliphatic carbocycles. The van der Waals surface area contributed by atoms with Crippen LogP contribution in [0.15, 0.2) is 79.1 Å². The smallest absolute Gasteiger partial charge is 0.243 e. The highest BCUT2D eigenvalue weighted by Gasteiger charge is 2.32. The normalized spacial score (nSPS) is 16.8. The van der Waals surface area contributed by atoms with Crippen LogP contribution in [-0.2, 0) is 17.6 Å². The predicted octanol–water partition coefficient (Wildman–Crippen LogP) is 6.02. The molecule has 1 saturated heterocycles. The Hall–Kier alpha value is -3.24. The van der Waals surface area contributed by atoms with Crippen LogP contribution in [0.1, 0.15) is 65.8 Å². The molecule has 0 radical (unpaired) electrons. The molecule has 1 amide bonds. The largest absolute Gasteiger partial charge is 0.353 e. The average molecular weight is 494 g/mol. The van der Waals surface area contributed by atoms with Gasteiger partial charge in [0.05, 0.1) is 0 Å². The van der Waals surface area contributed by atoms with Gasteiger partial charge in [-0.3, -0.25) is 9.78 Å². The van der Waals surface area contributed by atoms with Crippen LogP contribution in [0.4, 0.5) is 0 Å². The van der Waals surface area contributed by atoms with E-state index in [-0.39, 0.29) is 5.91 Å². The van der Waals surface area contributed by atoms with Crippen LogP contribution in [-0.4, -0.2) is 42.0 Å². The first-order valence-electron chi connectivity index (χ1n) is 14.0. The number of unbranched alkanes of at least 4 members (excludes halogenated alkanes) is 2. The molecule has 1 fully saturated rings. The van der Waals surface area contributed by atoms with E-state index in [4.69, 9.17) is 0 Å². The molecule has 4 heteroatoms. The van der Waals surface area contributed by atoms with Gasteiger partial charge in [0.2, 0.25) is 5.91 Å². The number of likely N-dealkylation sites (tertiary alicyclic amines) is 1. The van der Waals surface area contributed by atoms with Crippen LogP contribution in [0.25, 0.3) is 6.08 Å². The summed E-state index contributed by atoms with van der Waals surface area (Å²) in [5.74, 6) is 1.21. The summed E-state index contributed by atoms with van der Waals surface area (Å²) in [5.41, 5.74) is 7.18. The Morgan fingerprint density at radius 2 is 1.59 bits per heavy atom. The van der Waals surface area contributed by atoms with E-state index >= 15 is 0 Å². The zero-order valence-corrected chi connectivity index (χ0v) is 21.8. The van der Waals surface area contributed by atoms with E-state index in [2.05, 4.69) is 63.7 Å². The van der Waals surface area contributed by atoms with E-state index in [0.29, 0.717) is 11.8 Å². The highest BCUT2D eigenvalue weighted by molar-refractivity contribution is 5.91. The first-order chi connectivity index (χ1) is 18.3. The fourth-order valence-electron chi connectivity index (χ4n) is 6.14. The minimum atomic E-state index is -0.0346. The second-order valence-electron chi connectivity index (χ2n) is 10.5. The number of fused-ring (bicyclic) bond motifs is 2. The molecule has 0 atom stereocenters. The van der Waals surface area contributed by atoms with Gasteiger partial charge in [0.15, 0.2) is 0 Å². The molecular formula is C33H39N3O. The number of carbonyl (C=O) groups excluding carboxylic acids is 1. The van der Waals surface area contributed by atoms with Crippen LogP contribution >= 0.6 is 0 Å². The molecular weight excluding hydrogens is 454 g/mol. The number of nitrogens with zero attached hydrogens (tertiary/aromatic N) is 2. The van der Waals surface area contributed by atoms with Crippen LogP contribution in [0.3, 0.4) is 0 Å². The topological polar surface area (TPSA) is 45.2 Å². The molecule has 0 spiro atoms. The second-order valence-corrected chi connectivity index (χ2v) is 10.5. The van der Waals surface area contributed by atoms with Gasteiger partial charge in [0.1, 0.15) is 0 Å². The van der Waals surface area contributed by atoms with Crippen LogP contribution < -0.4 is 5.32 Å². The monoisotopic (exact) mass is 493 g/mol. The van der Waals surface area contributed by atoms with Crippen LogP contribution in [0.5, 0.6) is 0 Å². The van der Waals surface area contributed by atoms with Gasteiger partial charge in [0.25, 0.3) is 0 Å².